The van der Waals surface area contributed by atoms with Gasteiger partial charge in [0.15, 0.2) is 5.82 Å². The van der Waals surface area contributed by atoms with Crippen LogP contribution in [0.25, 0.3) is 0 Å². The van der Waals surface area contributed by atoms with Crippen LogP contribution in [0.1, 0.15) is 43.5 Å². The van der Waals surface area contributed by atoms with Crippen molar-refractivity contribution in [3.63, 3.8) is 0 Å². The van der Waals surface area contributed by atoms with E-state index < -0.39 is 27.4 Å². The molecule has 22 heavy (non-hydrogen) atoms. The van der Waals surface area contributed by atoms with Crippen molar-refractivity contribution in [1.29, 1.82) is 0 Å². The monoisotopic (exact) mass is 351 g/mol. The maximum atomic E-state index is 14.4. The molecule has 0 amide bonds. The van der Waals surface area contributed by atoms with E-state index in [4.69, 9.17) is 16.3 Å². The van der Waals surface area contributed by atoms with Gasteiger partial charge < -0.3 is 4.74 Å². The smallest absolute Gasteiger partial charge is 0.342 e. The molecule has 0 saturated carbocycles. The summed E-state index contributed by atoms with van der Waals surface area (Å²) >= 11 is 5.82. The summed E-state index contributed by atoms with van der Waals surface area (Å²) in [4.78, 5) is 11.9. The predicted molar refractivity (Wildman–Crippen MR) is 84.3 cm³/mol. The summed E-state index contributed by atoms with van der Waals surface area (Å²) < 4.78 is 44.8. The molecule has 1 aromatic carbocycles. The number of hydrogen-bond donors (Lipinski definition) is 1. The highest BCUT2D eigenvalue weighted by atomic mass is 35.5. The minimum Gasteiger partial charge on any atom is -0.462 e. The van der Waals surface area contributed by atoms with E-state index >= 15 is 0 Å². The Kier molecular flexibility index (Phi) is 7.09. The first kappa shape index (κ1) is 18.7. The van der Waals surface area contributed by atoms with Gasteiger partial charge in [0.1, 0.15) is 5.56 Å². The topological polar surface area (TPSA) is 72.5 Å². The van der Waals surface area contributed by atoms with Crippen molar-refractivity contribution in [1.82, 2.24) is 0 Å². The van der Waals surface area contributed by atoms with Gasteiger partial charge in [-0.2, -0.15) is 0 Å². The summed E-state index contributed by atoms with van der Waals surface area (Å²) in [7, 11) is -3.67. The number of carbonyl (C=O) groups is 1. The maximum Gasteiger partial charge on any atom is 0.342 e. The number of nitrogens with one attached hydrogen (secondary N) is 1. The number of benzene rings is 1. The van der Waals surface area contributed by atoms with Crippen molar-refractivity contribution in [2.45, 2.75) is 33.1 Å². The molecule has 0 bridgehead atoms. The Labute approximate surface area is 134 Å². The summed E-state index contributed by atoms with van der Waals surface area (Å²) in [5.41, 5.74) is -0.783. The first-order chi connectivity index (χ1) is 10.3. The molecule has 5 nitrogen and oxygen atoms in total. The second kappa shape index (κ2) is 8.33. The molecule has 0 aromatic heterocycles. The van der Waals surface area contributed by atoms with Gasteiger partial charge in [-0.05, 0) is 25.0 Å². The quantitative estimate of drug-likeness (QED) is 0.574. The summed E-state index contributed by atoms with van der Waals surface area (Å²) in [6.45, 7) is 3.76. The number of halogens is 2. The van der Waals surface area contributed by atoms with Crippen molar-refractivity contribution in [2.75, 3.05) is 17.1 Å². The molecule has 0 heterocycles. The molecule has 124 valence electrons. The third-order valence-electron chi connectivity index (χ3n) is 2.76. The number of hydrogen-bond acceptors (Lipinski definition) is 4. The molecular formula is C14H19ClFNO4S. The van der Waals surface area contributed by atoms with Crippen molar-refractivity contribution in [3.05, 3.63) is 28.5 Å². The zero-order valence-electron chi connectivity index (χ0n) is 12.5. The molecule has 0 saturated heterocycles. The Hall–Kier alpha value is -1.34. The highest BCUT2D eigenvalue weighted by Gasteiger charge is 2.22. The van der Waals surface area contributed by atoms with Crippen LogP contribution in [-0.2, 0) is 14.8 Å². The second-order valence-corrected chi connectivity index (χ2v) is 6.94. The molecular weight excluding hydrogens is 333 g/mol. The molecule has 0 unspecified atom stereocenters. The van der Waals surface area contributed by atoms with Crippen LogP contribution in [0.5, 0.6) is 0 Å². The lowest BCUT2D eigenvalue weighted by Crippen LogP contribution is -2.18. The van der Waals surface area contributed by atoms with Crippen molar-refractivity contribution in [2.24, 2.45) is 0 Å². The molecule has 1 N–H and O–H groups in total. The fraction of sp³-hybridized carbons (Fsp3) is 0.500. The number of anilines is 1. The lowest BCUT2D eigenvalue weighted by molar-refractivity contribution is 0.0495. The lowest BCUT2D eigenvalue weighted by Gasteiger charge is -2.12. The molecule has 0 aliphatic rings. The summed E-state index contributed by atoms with van der Waals surface area (Å²) in [6, 6.07) is 2.43. The Balaban J connectivity index is 3.05. The second-order valence-electron chi connectivity index (χ2n) is 4.69. The average molecular weight is 352 g/mol. The van der Waals surface area contributed by atoms with Gasteiger partial charge in [0, 0.05) is 0 Å². The van der Waals surface area contributed by atoms with Crippen molar-refractivity contribution in [3.8, 4) is 0 Å². The largest absolute Gasteiger partial charge is 0.462 e. The molecule has 1 rings (SSSR count). The van der Waals surface area contributed by atoms with Gasteiger partial charge in [0.25, 0.3) is 0 Å². The molecule has 0 atom stereocenters. The van der Waals surface area contributed by atoms with Gasteiger partial charge in [-0.3, -0.25) is 4.72 Å². The van der Waals surface area contributed by atoms with Gasteiger partial charge in [0.2, 0.25) is 10.0 Å². The van der Waals surface area contributed by atoms with Crippen LogP contribution in [0, 0.1) is 5.82 Å². The van der Waals surface area contributed by atoms with Crippen molar-refractivity contribution < 1.29 is 22.3 Å². The Bertz CT molecular complexity index is 634. The highest BCUT2D eigenvalue weighted by Crippen LogP contribution is 2.27. The van der Waals surface area contributed by atoms with E-state index in [1.54, 1.807) is 6.92 Å². The number of unbranched alkanes of at least 4 members (excludes halogenated alkanes) is 1. The summed E-state index contributed by atoms with van der Waals surface area (Å²) in [6.07, 6.45) is 1.85. The SMILES string of the molecule is CCCCOC(=O)c1c(Cl)ccc(NS(=O)(=O)CCC)c1F. The highest BCUT2D eigenvalue weighted by molar-refractivity contribution is 7.92. The molecule has 8 heteroatoms. The van der Waals surface area contributed by atoms with Gasteiger partial charge in [0.05, 0.1) is 23.1 Å². The van der Waals surface area contributed by atoms with E-state index in [1.165, 1.54) is 12.1 Å². The third kappa shape index (κ3) is 5.14. The maximum absolute atomic E-state index is 14.4. The van der Waals surface area contributed by atoms with Gasteiger partial charge in [-0.1, -0.05) is 31.9 Å². The van der Waals surface area contributed by atoms with Crippen LogP contribution in [-0.4, -0.2) is 26.7 Å². The minimum absolute atomic E-state index is 0.127. The fourth-order valence-corrected chi connectivity index (χ4v) is 3.04. The standard InChI is InChI=1S/C14H19ClFNO4S/c1-3-5-8-21-14(18)12-10(15)6-7-11(13(12)16)17-22(19,20)9-4-2/h6-7,17H,3-5,8-9H2,1-2H3. The minimum atomic E-state index is -3.67. The van der Waals surface area contributed by atoms with Gasteiger partial charge >= 0.3 is 5.97 Å². The molecule has 0 aliphatic carbocycles. The summed E-state index contributed by atoms with van der Waals surface area (Å²) in [5, 5.41) is -0.127. The normalized spacial score (nSPS) is 11.3. The lowest BCUT2D eigenvalue weighted by atomic mass is 10.2. The molecule has 0 radical (unpaired) electrons. The van der Waals surface area contributed by atoms with Crippen molar-refractivity contribution >= 4 is 33.3 Å². The van der Waals surface area contributed by atoms with E-state index in [0.717, 1.165) is 6.42 Å². The Morgan fingerprint density at radius 1 is 1.32 bits per heavy atom. The van der Waals surface area contributed by atoms with Crippen LogP contribution in [0.2, 0.25) is 5.02 Å². The Morgan fingerprint density at radius 3 is 2.59 bits per heavy atom. The molecule has 0 aliphatic heterocycles. The summed E-state index contributed by atoms with van der Waals surface area (Å²) in [5.74, 6) is -2.09. The van der Waals surface area contributed by atoms with Crippen LogP contribution in [0.4, 0.5) is 10.1 Å². The molecule has 1 aromatic rings. The molecule has 0 fully saturated rings. The van der Waals surface area contributed by atoms with E-state index in [2.05, 4.69) is 4.72 Å². The predicted octanol–water partition coefficient (Wildman–Crippen LogP) is 3.59. The van der Waals surface area contributed by atoms with Crippen LogP contribution < -0.4 is 4.72 Å². The van der Waals surface area contributed by atoms with Crippen LogP contribution in [0.15, 0.2) is 12.1 Å². The molecule has 0 spiro atoms. The van der Waals surface area contributed by atoms with E-state index in [1.807, 2.05) is 6.92 Å². The van der Waals surface area contributed by atoms with Gasteiger partial charge in [-0.15, -0.1) is 0 Å². The first-order valence-corrected chi connectivity index (χ1v) is 9.01. The van der Waals surface area contributed by atoms with E-state index in [9.17, 15) is 17.6 Å². The number of esters is 1. The average Bonchev–Trinajstić information content (AvgIpc) is 2.42. The number of sulfonamides is 1. The van der Waals surface area contributed by atoms with E-state index in [-0.39, 0.29) is 23.1 Å². The zero-order valence-corrected chi connectivity index (χ0v) is 14.1. The number of rotatable bonds is 8. The first-order valence-electron chi connectivity index (χ1n) is 6.98. The Morgan fingerprint density at radius 2 is 2.00 bits per heavy atom. The number of carbonyl (C=O) groups excluding carboxylic acids is 1. The van der Waals surface area contributed by atoms with E-state index in [0.29, 0.717) is 12.8 Å². The zero-order chi connectivity index (χ0) is 16.8. The van der Waals surface area contributed by atoms with Crippen LogP contribution >= 0.6 is 11.6 Å². The van der Waals surface area contributed by atoms with Gasteiger partial charge in [-0.25, -0.2) is 17.6 Å². The fourth-order valence-electron chi connectivity index (χ4n) is 1.69. The van der Waals surface area contributed by atoms with Crippen LogP contribution in [0.3, 0.4) is 0 Å². The third-order valence-corrected chi connectivity index (χ3v) is 4.56. The number of ether oxygens (including phenoxy) is 1.